The predicted octanol–water partition coefficient (Wildman–Crippen LogP) is 5.37. The van der Waals surface area contributed by atoms with Gasteiger partial charge in [-0.3, -0.25) is 10.1 Å². The standard InChI is InChI=1S/C25H28N4O2S/c1-5-11-29-17(2)13-21(18(29)3)14-22(15-26)24(30)28-25-27-23(16-32-25)20-8-6-19(7-9-20)10-12-31-4/h6-9,13-14,16H,5,10-12H2,1-4H3,(H,27,28,30)/b22-14+. The maximum Gasteiger partial charge on any atom is 0.268 e. The minimum absolute atomic E-state index is 0.0565. The van der Waals surface area contributed by atoms with Crippen LogP contribution >= 0.6 is 11.3 Å². The molecule has 2 heterocycles. The van der Waals surface area contributed by atoms with Gasteiger partial charge >= 0.3 is 0 Å². The lowest BCUT2D eigenvalue weighted by molar-refractivity contribution is -0.112. The van der Waals surface area contributed by atoms with Crippen molar-refractivity contribution >= 4 is 28.5 Å². The molecule has 32 heavy (non-hydrogen) atoms. The highest BCUT2D eigenvalue weighted by atomic mass is 32.1. The molecule has 7 heteroatoms. The zero-order valence-electron chi connectivity index (χ0n) is 18.9. The first-order valence-corrected chi connectivity index (χ1v) is 11.5. The lowest BCUT2D eigenvalue weighted by Crippen LogP contribution is -2.13. The first-order chi connectivity index (χ1) is 15.5. The minimum atomic E-state index is -0.455. The summed E-state index contributed by atoms with van der Waals surface area (Å²) in [5.41, 5.74) is 6.07. The summed E-state index contributed by atoms with van der Waals surface area (Å²) in [5.74, 6) is -0.455. The lowest BCUT2D eigenvalue weighted by atomic mass is 10.1. The van der Waals surface area contributed by atoms with E-state index in [0.29, 0.717) is 11.7 Å². The zero-order valence-corrected chi connectivity index (χ0v) is 19.8. The molecule has 166 valence electrons. The third-order valence-electron chi connectivity index (χ3n) is 5.29. The van der Waals surface area contributed by atoms with Gasteiger partial charge in [0.05, 0.1) is 12.3 Å². The summed E-state index contributed by atoms with van der Waals surface area (Å²) in [4.78, 5) is 17.2. The largest absolute Gasteiger partial charge is 0.384 e. The highest BCUT2D eigenvalue weighted by Gasteiger charge is 2.15. The number of benzene rings is 1. The van der Waals surface area contributed by atoms with E-state index < -0.39 is 5.91 Å². The zero-order chi connectivity index (χ0) is 23.1. The molecule has 3 rings (SSSR count). The SMILES string of the molecule is CCCn1c(C)cc(/C=C(\C#N)C(=O)Nc2nc(-c3ccc(CCOC)cc3)cs2)c1C. The molecule has 0 saturated carbocycles. The number of hydrogen-bond acceptors (Lipinski definition) is 5. The van der Waals surface area contributed by atoms with E-state index in [1.165, 1.54) is 16.9 Å². The van der Waals surface area contributed by atoms with Gasteiger partial charge in [-0.2, -0.15) is 5.26 Å². The summed E-state index contributed by atoms with van der Waals surface area (Å²) in [7, 11) is 1.69. The normalized spacial score (nSPS) is 11.4. The number of carbonyl (C=O) groups excluding carboxylic acids is 1. The number of nitrogens with zero attached hydrogens (tertiary/aromatic N) is 3. The van der Waals surface area contributed by atoms with Crippen LogP contribution in [0.25, 0.3) is 17.3 Å². The van der Waals surface area contributed by atoms with Crippen molar-refractivity contribution in [1.29, 1.82) is 5.26 Å². The van der Waals surface area contributed by atoms with Gasteiger partial charge in [-0.05, 0) is 50.0 Å². The Hall–Kier alpha value is -3.21. The maximum absolute atomic E-state index is 12.7. The number of rotatable bonds is 9. The Morgan fingerprint density at radius 2 is 2.06 bits per heavy atom. The van der Waals surface area contributed by atoms with Crippen molar-refractivity contribution in [2.24, 2.45) is 0 Å². The number of methoxy groups -OCH3 is 1. The summed E-state index contributed by atoms with van der Waals surface area (Å²) in [5, 5.41) is 14.7. The van der Waals surface area contributed by atoms with Crippen LogP contribution in [0.5, 0.6) is 0 Å². The van der Waals surface area contributed by atoms with Gasteiger partial charge in [0.25, 0.3) is 5.91 Å². The molecule has 0 radical (unpaired) electrons. The van der Waals surface area contributed by atoms with E-state index in [9.17, 15) is 10.1 Å². The van der Waals surface area contributed by atoms with Crippen LogP contribution < -0.4 is 5.32 Å². The van der Waals surface area contributed by atoms with E-state index in [1.54, 1.807) is 13.2 Å². The second-order valence-electron chi connectivity index (χ2n) is 7.58. The Kier molecular flexibility index (Phi) is 7.98. The van der Waals surface area contributed by atoms with Crippen molar-refractivity contribution in [1.82, 2.24) is 9.55 Å². The van der Waals surface area contributed by atoms with Gasteiger partial charge in [0.15, 0.2) is 5.13 Å². The molecule has 2 aromatic heterocycles. The third-order valence-corrected chi connectivity index (χ3v) is 6.05. The van der Waals surface area contributed by atoms with Crippen molar-refractivity contribution < 1.29 is 9.53 Å². The molecular weight excluding hydrogens is 420 g/mol. The van der Waals surface area contributed by atoms with Crippen molar-refractivity contribution in [2.45, 2.75) is 40.2 Å². The Labute approximate surface area is 193 Å². The fraction of sp³-hybridized carbons (Fsp3) is 0.320. The average molecular weight is 449 g/mol. The van der Waals surface area contributed by atoms with Crippen molar-refractivity contribution in [2.75, 3.05) is 19.0 Å². The molecule has 1 amide bonds. The van der Waals surface area contributed by atoms with Crippen LogP contribution in [0.15, 0.2) is 41.3 Å². The Balaban J connectivity index is 1.73. The molecule has 0 aliphatic carbocycles. The molecule has 0 aliphatic rings. The fourth-order valence-electron chi connectivity index (χ4n) is 3.54. The number of aromatic nitrogens is 2. The van der Waals surface area contributed by atoms with Gasteiger partial charge in [-0.25, -0.2) is 4.98 Å². The number of hydrogen-bond donors (Lipinski definition) is 1. The highest BCUT2D eigenvalue weighted by molar-refractivity contribution is 7.14. The van der Waals surface area contributed by atoms with Gasteiger partial charge in [-0.1, -0.05) is 31.2 Å². The molecule has 6 nitrogen and oxygen atoms in total. The van der Waals surface area contributed by atoms with Crippen molar-refractivity contribution in [3.8, 4) is 17.3 Å². The predicted molar refractivity (Wildman–Crippen MR) is 130 cm³/mol. The Morgan fingerprint density at radius 1 is 1.31 bits per heavy atom. The number of amides is 1. The van der Waals surface area contributed by atoms with Crippen molar-refractivity contribution in [3.05, 3.63) is 63.8 Å². The van der Waals surface area contributed by atoms with E-state index >= 15 is 0 Å². The molecule has 3 aromatic rings. The number of nitriles is 1. The van der Waals surface area contributed by atoms with Crippen LogP contribution in [0.4, 0.5) is 5.13 Å². The molecular formula is C25H28N4O2S. The van der Waals surface area contributed by atoms with Gasteiger partial charge in [0.1, 0.15) is 11.6 Å². The van der Waals surface area contributed by atoms with Crippen LogP contribution in [-0.2, 0) is 22.5 Å². The number of carbonyl (C=O) groups is 1. The first-order valence-electron chi connectivity index (χ1n) is 10.6. The number of aryl methyl sites for hydroxylation is 1. The van der Waals surface area contributed by atoms with E-state index in [-0.39, 0.29) is 5.57 Å². The summed E-state index contributed by atoms with van der Waals surface area (Å²) < 4.78 is 7.31. The molecule has 0 unspecified atom stereocenters. The number of thiazole rings is 1. The molecule has 1 aromatic carbocycles. The molecule has 0 bridgehead atoms. The Morgan fingerprint density at radius 3 is 2.72 bits per heavy atom. The minimum Gasteiger partial charge on any atom is -0.384 e. The van der Waals surface area contributed by atoms with Crippen molar-refractivity contribution in [3.63, 3.8) is 0 Å². The van der Waals surface area contributed by atoms with E-state index in [1.807, 2.05) is 43.5 Å². The lowest BCUT2D eigenvalue weighted by Gasteiger charge is -2.07. The Bertz CT molecular complexity index is 1150. The van der Waals surface area contributed by atoms with Crippen LogP contribution in [0, 0.1) is 25.2 Å². The molecule has 1 N–H and O–H groups in total. The maximum atomic E-state index is 12.7. The van der Waals surface area contributed by atoms with Crippen LogP contribution in [0.3, 0.4) is 0 Å². The summed E-state index contributed by atoms with van der Waals surface area (Å²) in [6, 6.07) is 12.2. The van der Waals surface area contributed by atoms with Gasteiger partial charge in [0.2, 0.25) is 0 Å². The summed E-state index contributed by atoms with van der Waals surface area (Å²) in [6.45, 7) is 7.77. The quantitative estimate of drug-likeness (QED) is 0.352. The second-order valence-corrected chi connectivity index (χ2v) is 8.44. The van der Waals surface area contributed by atoms with Crippen LogP contribution in [0.2, 0.25) is 0 Å². The molecule has 0 aliphatic heterocycles. The number of ether oxygens (including phenoxy) is 1. The first kappa shape index (κ1) is 23.5. The number of anilines is 1. The molecule has 0 fully saturated rings. The highest BCUT2D eigenvalue weighted by Crippen LogP contribution is 2.26. The van der Waals surface area contributed by atoms with Gasteiger partial charge < -0.3 is 9.30 Å². The van der Waals surface area contributed by atoms with E-state index in [2.05, 4.69) is 33.9 Å². The molecule has 0 spiro atoms. The molecule has 0 saturated heterocycles. The van der Waals surface area contributed by atoms with Crippen LogP contribution in [-0.4, -0.2) is 29.2 Å². The van der Waals surface area contributed by atoms with E-state index in [4.69, 9.17) is 4.74 Å². The van der Waals surface area contributed by atoms with Gasteiger partial charge in [-0.15, -0.1) is 11.3 Å². The smallest absolute Gasteiger partial charge is 0.268 e. The number of nitrogens with one attached hydrogen (secondary N) is 1. The monoisotopic (exact) mass is 448 g/mol. The van der Waals surface area contributed by atoms with Crippen LogP contribution in [0.1, 0.15) is 35.9 Å². The summed E-state index contributed by atoms with van der Waals surface area (Å²) in [6.07, 6.45) is 3.53. The topological polar surface area (TPSA) is 79.9 Å². The second kappa shape index (κ2) is 10.9. The van der Waals surface area contributed by atoms with E-state index in [0.717, 1.165) is 47.6 Å². The third kappa shape index (κ3) is 5.52. The summed E-state index contributed by atoms with van der Waals surface area (Å²) >= 11 is 1.34. The van der Waals surface area contributed by atoms with Gasteiger partial charge in [0, 0.05) is 36.0 Å². The molecule has 0 atom stereocenters. The average Bonchev–Trinajstić information content (AvgIpc) is 3.36. The fourth-order valence-corrected chi connectivity index (χ4v) is 4.25.